The highest BCUT2D eigenvalue weighted by atomic mass is 35.5. The zero-order chi connectivity index (χ0) is 17.8. The van der Waals surface area contributed by atoms with Crippen LogP contribution < -0.4 is 15.1 Å². The second-order valence-electron chi connectivity index (χ2n) is 6.07. The Kier molecular flexibility index (Phi) is 5.78. The lowest BCUT2D eigenvalue weighted by atomic mass is 10.2. The van der Waals surface area contributed by atoms with Crippen LogP contribution in [0.25, 0.3) is 0 Å². The molecule has 0 atom stereocenters. The second kappa shape index (κ2) is 8.04. The van der Waals surface area contributed by atoms with E-state index in [0.29, 0.717) is 12.2 Å². The van der Waals surface area contributed by atoms with E-state index < -0.39 is 5.82 Å². The Balaban J connectivity index is 1.50. The van der Waals surface area contributed by atoms with E-state index in [2.05, 4.69) is 10.2 Å². The van der Waals surface area contributed by atoms with E-state index in [1.165, 1.54) is 23.1 Å². The summed E-state index contributed by atoms with van der Waals surface area (Å²) < 4.78 is 13.1. The Morgan fingerprint density at radius 1 is 1.16 bits per heavy atom. The first-order valence-corrected chi connectivity index (χ1v) is 8.86. The summed E-state index contributed by atoms with van der Waals surface area (Å²) >= 11 is 11.8. The summed E-state index contributed by atoms with van der Waals surface area (Å²) in [6, 6.07) is 12.0. The van der Waals surface area contributed by atoms with Gasteiger partial charge in [-0.1, -0.05) is 29.3 Å². The number of anilines is 2. The molecule has 0 unspecified atom stereocenters. The van der Waals surface area contributed by atoms with Gasteiger partial charge in [-0.2, -0.15) is 0 Å². The number of nitrogens with one attached hydrogen (secondary N) is 2. The van der Waals surface area contributed by atoms with Crippen LogP contribution in [0.15, 0.2) is 42.5 Å². The zero-order valence-electron chi connectivity index (χ0n) is 13.6. The third-order valence-corrected chi connectivity index (χ3v) is 4.78. The minimum absolute atomic E-state index is 0.000262. The Morgan fingerprint density at radius 2 is 1.92 bits per heavy atom. The summed E-state index contributed by atoms with van der Waals surface area (Å²) in [5.41, 5.74) is 1.62. The van der Waals surface area contributed by atoms with Crippen molar-refractivity contribution in [3.8, 4) is 0 Å². The lowest BCUT2D eigenvalue weighted by Gasteiger charge is -2.33. The van der Waals surface area contributed by atoms with Crippen molar-refractivity contribution in [1.82, 2.24) is 0 Å². The van der Waals surface area contributed by atoms with Crippen LogP contribution in [-0.4, -0.2) is 38.6 Å². The molecule has 0 radical (unpaired) electrons. The molecule has 2 N–H and O–H groups in total. The molecule has 7 heteroatoms. The summed E-state index contributed by atoms with van der Waals surface area (Å²) in [5, 5.41) is 3.49. The number of rotatable bonds is 4. The predicted octanol–water partition coefficient (Wildman–Crippen LogP) is 2.48. The van der Waals surface area contributed by atoms with Gasteiger partial charge in [-0.3, -0.25) is 4.79 Å². The number of carbonyl (C=O) groups excluding carboxylic acids is 1. The van der Waals surface area contributed by atoms with Crippen LogP contribution in [0.5, 0.6) is 0 Å². The molecule has 4 nitrogen and oxygen atoms in total. The number of quaternary nitrogens is 1. The van der Waals surface area contributed by atoms with Crippen molar-refractivity contribution in [3.63, 3.8) is 0 Å². The predicted molar refractivity (Wildman–Crippen MR) is 99.3 cm³/mol. The molecule has 1 aliphatic heterocycles. The molecule has 3 rings (SSSR count). The molecule has 0 aliphatic carbocycles. The van der Waals surface area contributed by atoms with Crippen LogP contribution in [0.4, 0.5) is 15.8 Å². The normalized spacial score (nSPS) is 15.2. The summed E-state index contributed by atoms with van der Waals surface area (Å²) in [5.74, 6) is -0.601. The van der Waals surface area contributed by atoms with Gasteiger partial charge < -0.3 is 15.1 Å². The highest BCUT2D eigenvalue weighted by Gasteiger charge is 2.22. The average molecular weight is 383 g/mol. The van der Waals surface area contributed by atoms with E-state index in [-0.39, 0.29) is 10.9 Å². The monoisotopic (exact) mass is 382 g/mol. The first-order valence-electron chi connectivity index (χ1n) is 8.10. The lowest BCUT2D eigenvalue weighted by Crippen LogP contribution is -3.15. The number of benzene rings is 2. The summed E-state index contributed by atoms with van der Waals surface area (Å²) in [7, 11) is 0. The molecule has 1 aliphatic rings. The van der Waals surface area contributed by atoms with Crippen molar-refractivity contribution in [2.24, 2.45) is 0 Å². The molecule has 2 aromatic rings. The molecule has 0 saturated carbocycles. The highest BCUT2D eigenvalue weighted by molar-refractivity contribution is 6.31. The Hall–Kier alpha value is -1.82. The smallest absolute Gasteiger partial charge is 0.279 e. The van der Waals surface area contributed by atoms with Gasteiger partial charge in [-0.15, -0.1) is 0 Å². The van der Waals surface area contributed by atoms with Gasteiger partial charge in [0.25, 0.3) is 5.91 Å². The van der Waals surface area contributed by atoms with Crippen molar-refractivity contribution in [3.05, 3.63) is 58.3 Å². The van der Waals surface area contributed by atoms with Gasteiger partial charge in [0, 0.05) is 16.4 Å². The first-order chi connectivity index (χ1) is 12.0. The van der Waals surface area contributed by atoms with Crippen molar-refractivity contribution in [1.29, 1.82) is 0 Å². The second-order valence-corrected chi connectivity index (χ2v) is 6.91. The van der Waals surface area contributed by atoms with Gasteiger partial charge in [-0.25, -0.2) is 4.39 Å². The maximum atomic E-state index is 13.1. The topological polar surface area (TPSA) is 36.8 Å². The van der Waals surface area contributed by atoms with E-state index >= 15 is 0 Å². The molecule has 0 bridgehead atoms. The maximum Gasteiger partial charge on any atom is 0.279 e. The molecular weight excluding hydrogens is 364 g/mol. The van der Waals surface area contributed by atoms with Crippen LogP contribution in [0.2, 0.25) is 10.0 Å². The highest BCUT2D eigenvalue weighted by Crippen LogP contribution is 2.20. The van der Waals surface area contributed by atoms with Crippen LogP contribution >= 0.6 is 23.2 Å². The third-order valence-electron chi connectivity index (χ3n) is 4.26. The number of halogens is 3. The van der Waals surface area contributed by atoms with E-state index in [1.807, 2.05) is 24.3 Å². The Labute approximate surface area is 156 Å². The van der Waals surface area contributed by atoms with E-state index in [4.69, 9.17) is 23.2 Å². The van der Waals surface area contributed by atoms with Gasteiger partial charge in [0.05, 0.1) is 31.2 Å². The van der Waals surface area contributed by atoms with Gasteiger partial charge >= 0.3 is 0 Å². The number of amides is 1. The number of nitrogens with zero attached hydrogens (tertiary/aromatic N) is 1. The molecule has 25 heavy (non-hydrogen) atoms. The fourth-order valence-electron chi connectivity index (χ4n) is 2.94. The maximum absolute atomic E-state index is 13.1. The van der Waals surface area contributed by atoms with E-state index in [9.17, 15) is 9.18 Å². The molecule has 0 spiro atoms. The van der Waals surface area contributed by atoms with Crippen LogP contribution in [0.1, 0.15) is 0 Å². The zero-order valence-corrected chi connectivity index (χ0v) is 15.1. The minimum atomic E-state index is -0.498. The van der Waals surface area contributed by atoms with Gasteiger partial charge in [0.15, 0.2) is 6.54 Å². The summed E-state index contributed by atoms with van der Waals surface area (Å²) in [6.45, 7) is 3.84. The standard InChI is InChI=1S/C18H18Cl2FN3O/c19-13-2-1-3-15(10-13)24-8-6-23(7-9-24)12-18(25)22-14-4-5-17(21)16(20)11-14/h1-5,10-11H,6-9,12H2,(H,22,25)/p+1. The lowest BCUT2D eigenvalue weighted by molar-refractivity contribution is -0.892. The molecule has 0 aromatic heterocycles. The van der Waals surface area contributed by atoms with Crippen molar-refractivity contribution < 1.29 is 14.1 Å². The average Bonchev–Trinajstić information content (AvgIpc) is 2.59. The van der Waals surface area contributed by atoms with Crippen LogP contribution in [0.3, 0.4) is 0 Å². The summed E-state index contributed by atoms with van der Waals surface area (Å²) in [4.78, 5) is 15.7. The molecule has 1 amide bonds. The third kappa shape index (κ3) is 4.84. The number of hydrogen-bond donors (Lipinski definition) is 2. The van der Waals surface area contributed by atoms with Crippen LogP contribution in [-0.2, 0) is 4.79 Å². The Bertz CT molecular complexity index is 764. The van der Waals surface area contributed by atoms with Gasteiger partial charge in [-0.05, 0) is 36.4 Å². The fourth-order valence-corrected chi connectivity index (χ4v) is 3.30. The SMILES string of the molecule is O=C(C[NH+]1CCN(c2cccc(Cl)c2)CC1)Nc1ccc(F)c(Cl)c1. The van der Waals surface area contributed by atoms with Crippen LogP contribution in [0, 0.1) is 5.82 Å². The summed E-state index contributed by atoms with van der Waals surface area (Å²) in [6.07, 6.45) is 0. The van der Waals surface area contributed by atoms with Gasteiger partial charge in [0.1, 0.15) is 5.82 Å². The van der Waals surface area contributed by atoms with Crippen molar-refractivity contribution in [2.45, 2.75) is 0 Å². The molecule has 2 aromatic carbocycles. The molecule has 132 valence electrons. The Morgan fingerprint density at radius 3 is 2.60 bits per heavy atom. The number of piperazine rings is 1. The number of carbonyl (C=O) groups is 1. The van der Waals surface area contributed by atoms with Crippen molar-refractivity contribution >= 4 is 40.5 Å². The molecular formula is C18H19Cl2FN3O+. The molecule has 1 heterocycles. The van der Waals surface area contributed by atoms with E-state index in [0.717, 1.165) is 36.9 Å². The molecule has 1 fully saturated rings. The first kappa shape index (κ1) is 18.0. The van der Waals surface area contributed by atoms with Crippen molar-refractivity contribution in [2.75, 3.05) is 42.9 Å². The number of hydrogen-bond acceptors (Lipinski definition) is 2. The van der Waals surface area contributed by atoms with E-state index in [1.54, 1.807) is 0 Å². The minimum Gasteiger partial charge on any atom is -0.360 e. The van der Waals surface area contributed by atoms with Gasteiger partial charge in [0.2, 0.25) is 0 Å². The quantitative estimate of drug-likeness (QED) is 0.851. The molecule has 1 saturated heterocycles. The fraction of sp³-hybridized carbons (Fsp3) is 0.278. The largest absolute Gasteiger partial charge is 0.360 e.